The second-order valence-corrected chi connectivity index (χ2v) is 4.15. The van der Waals surface area contributed by atoms with Crippen LogP contribution in [0.2, 0.25) is 0 Å². The number of rotatable bonds is 6. The largest absolute Gasteiger partial charge is 0.492 e. The molecule has 1 rings (SSSR count). The normalized spacial score (nSPS) is 9.47. The van der Waals surface area contributed by atoms with Crippen molar-refractivity contribution in [3.05, 3.63) is 41.4 Å². The molecule has 4 nitrogen and oxygen atoms in total. The number of amides is 2. The predicted octanol–water partition coefficient (Wildman–Crippen LogP) is 2.31. The van der Waals surface area contributed by atoms with Gasteiger partial charge in [-0.25, -0.2) is 4.79 Å². The Balaban J connectivity index is 2.16. The van der Waals surface area contributed by atoms with Crippen LogP contribution in [-0.2, 0) is 0 Å². The molecule has 0 aliphatic carbocycles. The molecule has 0 aromatic heterocycles. The van der Waals surface area contributed by atoms with Crippen LogP contribution in [0.1, 0.15) is 0 Å². The van der Waals surface area contributed by atoms with Crippen molar-refractivity contribution in [3.8, 4) is 5.75 Å². The maximum Gasteiger partial charge on any atom is 0.315 e. The van der Waals surface area contributed by atoms with Gasteiger partial charge >= 0.3 is 6.03 Å². The molecule has 0 spiro atoms. The maximum absolute atomic E-state index is 11.1. The highest BCUT2D eigenvalue weighted by Gasteiger charge is 1.98. The molecule has 0 heterocycles. The van der Waals surface area contributed by atoms with E-state index in [0.717, 1.165) is 10.2 Å². The van der Waals surface area contributed by atoms with Crippen molar-refractivity contribution in [2.75, 3.05) is 19.7 Å². The van der Waals surface area contributed by atoms with Gasteiger partial charge in [-0.15, -0.1) is 6.58 Å². The zero-order chi connectivity index (χ0) is 12.5. The molecule has 5 heteroatoms. The summed E-state index contributed by atoms with van der Waals surface area (Å²) in [6.07, 6.45) is 1.62. The van der Waals surface area contributed by atoms with Crippen molar-refractivity contribution >= 4 is 22.0 Å². The summed E-state index contributed by atoms with van der Waals surface area (Å²) < 4.78 is 6.41. The van der Waals surface area contributed by atoms with Crippen LogP contribution in [-0.4, -0.2) is 25.7 Å². The van der Waals surface area contributed by atoms with E-state index >= 15 is 0 Å². The molecule has 0 atom stereocenters. The fourth-order valence-corrected chi connectivity index (χ4v) is 1.50. The van der Waals surface area contributed by atoms with Crippen LogP contribution in [0, 0.1) is 0 Å². The molecule has 0 bridgehead atoms. The Bertz CT molecular complexity index is 383. The molecule has 0 fully saturated rings. The number of halogens is 1. The lowest BCUT2D eigenvalue weighted by Gasteiger charge is -2.08. The van der Waals surface area contributed by atoms with E-state index in [0.29, 0.717) is 19.7 Å². The molecule has 92 valence electrons. The fourth-order valence-electron chi connectivity index (χ4n) is 1.12. The number of carbonyl (C=O) groups excluding carboxylic acids is 1. The molecule has 17 heavy (non-hydrogen) atoms. The maximum atomic E-state index is 11.1. The van der Waals surface area contributed by atoms with Gasteiger partial charge in [0.05, 0.1) is 6.54 Å². The third kappa shape index (κ3) is 5.97. The van der Waals surface area contributed by atoms with E-state index in [2.05, 4.69) is 33.1 Å². The van der Waals surface area contributed by atoms with Gasteiger partial charge < -0.3 is 15.4 Å². The average molecular weight is 299 g/mol. The second kappa shape index (κ2) is 7.73. The summed E-state index contributed by atoms with van der Waals surface area (Å²) in [7, 11) is 0. The second-order valence-electron chi connectivity index (χ2n) is 3.23. The van der Waals surface area contributed by atoms with Gasteiger partial charge in [0, 0.05) is 11.0 Å². The minimum Gasteiger partial charge on any atom is -0.492 e. The van der Waals surface area contributed by atoms with Crippen molar-refractivity contribution in [3.63, 3.8) is 0 Å². The third-order valence-electron chi connectivity index (χ3n) is 1.86. The number of hydrogen-bond acceptors (Lipinski definition) is 2. The Morgan fingerprint density at radius 2 is 2.29 bits per heavy atom. The van der Waals surface area contributed by atoms with Crippen LogP contribution < -0.4 is 15.4 Å². The zero-order valence-electron chi connectivity index (χ0n) is 9.41. The van der Waals surface area contributed by atoms with Crippen LogP contribution in [0.4, 0.5) is 4.79 Å². The van der Waals surface area contributed by atoms with Gasteiger partial charge in [-0.3, -0.25) is 0 Å². The summed E-state index contributed by atoms with van der Waals surface area (Å²) in [5, 5.41) is 5.28. The van der Waals surface area contributed by atoms with Crippen LogP contribution in [0.5, 0.6) is 5.75 Å². The summed E-state index contributed by atoms with van der Waals surface area (Å²) in [6.45, 7) is 4.84. The van der Waals surface area contributed by atoms with Crippen LogP contribution >= 0.6 is 15.9 Å². The number of carbonyl (C=O) groups is 1. The first-order chi connectivity index (χ1) is 8.22. The summed E-state index contributed by atoms with van der Waals surface area (Å²) in [5.41, 5.74) is 0. The highest BCUT2D eigenvalue weighted by molar-refractivity contribution is 9.10. The molecular formula is C12H15BrN2O2. The summed E-state index contributed by atoms with van der Waals surface area (Å²) in [5.74, 6) is 0.771. The molecule has 1 aromatic carbocycles. The number of ether oxygens (including phenoxy) is 1. The van der Waals surface area contributed by atoms with Crippen molar-refractivity contribution in [1.29, 1.82) is 0 Å². The molecule has 0 saturated heterocycles. The predicted molar refractivity (Wildman–Crippen MR) is 71.2 cm³/mol. The van der Waals surface area contributed by atoms with E-state index in [1.54, 1.807) is 6.08 Å². The van der Waals surface area contributed by atoms with E-state index in [1.165, 1.54) is 0 Å². The van der Waals surface area contributed by atoms with Crippen molar-refractivity contribution < 1.29 is 9.53 Å². The first-order valence-corrected chi connectivity index (χ1v) is 6.02. The highest BCUT2D eigenvalue weighted by atomic mass is 79.9. The van der Waals surface area contributed by atoms with Gasteiger partial charge in [0.1, 0.15) is 12.4 Å². The average Bonchev–Trinajstić information content (AvgIpc) is 2.32. The quantitative estimate of drug-likeness (QED) is 0.625. The molecule has 0 aliphatic heterocycles. The van der Waals surface area contributed by atoms with Crippen LogP contribution in [0.15, 0.2) is 41.4 Å². The van der Waals surface area contributed by atoms with Gasteiger partial charge in [0.15, 0.2) is 0 Å². The standard InChI is InChI=1S/C12H15BrN2O2/c1-2-6-14-12(16)15-7-8-17-11-5-3-4-10(13)9-11/h2-5,9H,1,6-8H2,(H2,14,15,16). The van der Waals surface area contributed by atoms with Crippen LogP contribution in [0.25, 0.3) is 0 Å². The first-order valence-electron chi connectivity index (χ1n) is 5.23. The number of hydrogen-bond donors (Lipinski definition) is 2. The molecule has 0 saturated carbocycles. The first kappa shape index (κ1) is 13.6. The van der Waals surface area contributed by atoms with E-state index in [1.807, 2.05) is 24.3 Å². The Labute approximate surface area is 109 Å². The summed E-state index contributed by atoms with van der Waals surface area (Å²) in [6, 6.07) is 7.33. The summed E-state index contributed by atoms with van der Waals surface area (Å²) >= 11 is 3.35. The van der Waals surface area contributed by atoms with E-state index in [9.17, 15) is 4.79 Å². The topological polar surface area (TPSA) is 50.4 Å². The minimum absolute atomic E-state index is 0.220. The Morgan fingerprint density at radius 3 is 3.00 bits per heavy atom. The molecule has 1 aromatic rings. The zero-order valence-corrected chi connectivity index (χ0v) is 11.0. The minimum atomic E-state index is -0.220. The van der Waals surface area contributed by atoms with Gasteiger partial charge in [0.2, 0.25) is 0 Å². The van der Waals surface area contributed by atoms with E-state index < -0.39 is 0 Å². The number of nitrogens with one attached hydrogen (secondary N) is 2. The van der Waals surface area contributed by atoms with Crippen molar-refractivity contribution in [2.24, 2.45) is 0 Å². The lowest BCUT2D eigenvalue weighted by atomic mass is 10.3. The van der Waals surface area contributed by atoms with E-state index in [-0.39, 0.29) is 6.03 Å². The molecule has 0 unspecified atom stereocenters. The smallest absolute Gasteiger partial charge is 0.315 e. The molecule has 2 amide bonds. The third-order valence-corrected chi connectivity index (χ3v) is 2.35. The number of urea groups is 1. The lowest BCUT2D eigenvalue weighted by Crippen LogP contribution is -2.37. The SMILES string of the molecule is C=CCNC(=O)NCCOc1cccc(Br)c1. The molecule has 0 aliphatic rings. The number of benzene rings is 1. The van der Waals surface area contributed by atoms with Gasteiger partial charge in [-0.2, -0.15) is 0 Å². The highest BCUT2D eigenvalue weighted by Crippen LogP contribution is 2.17. The molecule has 2 N–H and O–H groups in total. The van der Waals surface area contributed by atoms with Gasteiger partial charge in [-0.05, 0) is 18.2 Å². The van der Waals surface area contributed by atoms with Crippen molar-refractivity contribution in [1.82, 2.24) is 10.6 Å². The fraction of sp³-hybridized carbons (Fsp3) is 0.250. The van der Waals surface area contributed by atoms with Crippen LogP contribution in [0.3, 0.4) is 0 Å². The Kier molecular flexibility index (Phi) is 6.17. The Morgan fingerprint density at radius 1 is 1.47 bits per heavy atom. The summed E-state index contributed by atoms with van der Waals surface area (Å²) in [4.78, 5) is 11.1. The van der Waals surface area contributed by atoms with Crippen molar-refractivity contribution in [2.45, 2.75) is 0 Å². The molecular weight excluding hydrogens is 284 g/mol. The Hall–Kier alpha value is -1.49. The van der Waals surface area contributed by atoms with E-state index in [4.69, 9.17) is 4.74 Å². The monoisotopic (exact) mass is 298 g/mol. The van der Waals surface area contributed by atoms with Gasteiger partial charge in [0.25, 0.3) is 0 Å². The lowest BCUT2D eigenvalue weighted by molar-refractivity contribution is 0.237. The molecule has 0 radical (unpaired) electrons. The van der Waals surface area contributed by atoms with Gasteiger partial charge in [-0.1, -0.05) is 28.1 Å².